The van der Waals surface area contributed by atoms with Crippen molar-refractivity contribution < 1.29 is 25.2 Å². The lowest BCUT2D eigenvalue weighted by atomic mass is 10.00. The molecule has 4 atom stereocenters. The van der Waals surface area contributed by atoms with Crippen molar-refractivity contribution >= 4 is 5.91 Å². The number of amides is 1. The molecule has 0 bridgehead atoms. The lowest BCUT2D eigenvalue weighted by Crippen LogP contribution is -2.53. The lowest BCUT2D eigenvalue weighted by Gasteiger charge is -2.27. The topological polar surface area (TPSA) is 110 Å². The molecule has 0 aliphatic heterocycles. The van der Waals surface area contributed by atoms with Crippen molar-refractivity contribution in [2.24, 2.45) is 0 Å². The number of aliphatic hydroxyl groups is 4. The van der Waals surface area contributed by atoms with Crippen LogP contribution in [0.5, 0.6) is 0 Å². The van der Waals surface area contributed by atoms with Crippen LogP contribution in [-0.2, 0) is 4.79 Å². The summed E-state index contributed by atoms with van der Waals surface area (Å²) in [6.45, 7) is 4.03. The molecule has 0 aromatic heterocycles. The Balaban J connectivity index is 3.72. The van der Waals surface area contributed by atoms with Crippen LogP contribution < -0.4 is 5.32 Å². The average Bonchev–Trinajstić information content (AvgIpc) is 3.11. The van der Waals surface area contributed by atoms with E-state index in [9.17, 15) is 25.2 Å². The second-order valence-electron chi connectivity index (χ2n) is 15.0. The molecular weight excluding hydrogens is 610 g/mol. The maximum atomic E-state index is 12.4. The molecule has 49 heavy (non-hydrogen) atoms. The van der Waals surface area contributed by atoms with Crippen molar-refractivity contribution in [1.29, 1.82) is 0 Å². The molecule has 6 nitrogen and oxygen atoms in total. The van der Waals surface area contributed by atoms with Crippen molar-refractivity contribution in [1.82, 2.24) is 5.32 Å². The molecule has 0 radical (unpaired) electrons. The van der Waals surface area contributed by atoms with Crippen LogP contribution in [0.2, 0.25) is 0 Å². The minimum atomic E-state index is -1.28. The highest BCUT2D eigenvalue weighted by Gasteiger charge is 2.28. The molecule has 1 amide bonds. The van der Waals surface area contributed by atoms with E-state index in [-0.39, 0.29) is 0 Å². The van der Waals surface area contributed by atoms with Crippen LogP contribution in [0.15, 0.2) is 12.2 Å². The summed E-state index contributed by atoms with van der Waals surface area (Å²) in [5, 5.41) is 43.5. The third-order valence-electron chi connectivity index (χ3n) is 10.2. The second kappa shape index (κ2) is 38.3. The maximum absolute atomic E-state index is 12.4. The first-order chi connectivity index (χ1) is 24.0. The second-order valence-corrected chi connectivity index (χ2v) is 15.0. The summed E-state index contributed by atoms with van der Waals surface area (Å²) in [6.07, 6.45) is 41.1. The van der Waals surface area contributed by atoms with Gasteiger partial charge in [0.1, 0.15) is 12.2 Å². The first-order valence-electron chi connectivity index (χ1n) is 21.6. The quantitative estimate of drug-likeness (QED) is 0.0325. The van der Waals surface area contributed by atoms with Gasteiger partial charge >= 0.3 is 0 Å². The molecule has 0 fully saturated rings. The highest BCUT2D eigenvalue weighted by atomic mass is 16.3. The highest BCUT2D eigenvalue weighted by molar-refractivity contribution is 5.80. The Morgan fingerprint density at radius 1 is 0.490 bits per heavy atom. The monoisotopic (exact) mass is 696 g/mol. The molecular formula is C43H85NO5. The molecule has 0 heterocycles. The standard InChI is InChI=1S/C43H85NO5/c1-3-5-7-9-11-13-15-16-17-18-19-20-21-22-23-24-25-27-28-30-32-34-36-40(46)42(48)39(38-45)44-43(49)41(47)37-35-33-31-29-26-14-12-10-8-6-4-2/h28,30,39-42,45-48H,3-27,29,31-38H2,1-2H3,(H,44,49)/b30-28+. The number of unbranched alkanes of at least 4 members (excludes halogenated alkanes) is 28. The Labute approximate surface area is 304 Å². The van der Waals surface area contributed by atoms with Gasteiger partial charge in [0.25, 0.3) is 0 Å². The zero-order valence-electron chi connectivity index (χ0n) is 32.7. The number of aliphatic hydroxyl groups excluding tert-OH is 4. The molecule has 0 aromatic carbocycles. The van der Waals surface area contributed by atoms with Gasteiger partial charge < -0.3 is 25.7 Å². The number of nitrogens with one attached hydrogen (secondary N) is 1. The first kappa shape index (κ1) is 48.0. The Kier molecular flexibility index (Phi) is 37.5. The van der Waals surface area contributed by atoms with E-state index in [1.165, 1.54) is 161 Å². The van der Waals surface area contributed by atoms with Gasteiger partial charge in [-0.1, -0.05) is 199 Å². The predicted molar refractivity (Wildman–Crippen MR) is 210 cm³/mol. The summed E-state index contributed by atoms with van der Waals surface area (Å²) in [5.41, 5.74) is 0. The van der Waals surface area contributed by atoms with Gasteiger partial charge in [-0.25, -0.2) is 0 Å². The third kappa shape index (κ3) is 32.7. The van der Waals surface area contributed by atoms with Crippen LogP contribution >= 0.6 is 0 Å². The summed E-state index contributed by atoms with van der Waals surface area (Å²) < 4.78 is 0. The number of allylic oxidation sites excluding steroid dienone is 2. The summed E-state index contributed by atoms with van der Waals surface area (Å²) in [4.78, 5) is 12.4. The van der Waals surface area contributed by atoms with Gasteiger partial charge in [-0.05, 0) is 38.5 Å². The van der Waals surface area contributed by atoms with Crippen molar-refractivity contribution in [3.05, 3.63) is 12.2 Å². The smallest absolute Gasteiger partial charge is 0.249 e. The average molecular weight is 696 g/mol. The molecule has 0 aromatic rings. The number of hydrogen-bond acceptors (Lipinski definition) is 5. The summed E-state index contributed by atoms with van der Waals surface area (Å²) in [6, 6.07) is -0.996. The summed E-state index contributed by atoms with van der Waals surface area (Å²) in [5.74, 6) is -0.593. The van der Waals surface area contributed by atoms with Crippen molar-refractivity contribution in [3.63, 3.8) is 0 Å². The van der Waals surface area contributed by atoms with Gasteiger partial charge in [-0.15, -0.1) is 0 Å². The van der Waals surface area contributed by atoms with E-state index in [1.807, 2.05) is 0 Å². The minimum absolute atomic E-state index is 0.367. The van der Waals surface area contributed by atoms with Crippen LogP contribution in [0.25, 0.3) is 0 Å². The maximum Gasteiger partial charge on any atom is 0.249 e. The van der Waals surface area contributed by atoms with Crippen LogP contribution in [0.3, 0.4) is 0 Å². The molecule has 0 aliphatic rings. The summed E-state index contributed by atoms with van der Waals surface area (Å²) in [7, 11) is 0. The molecule has 0 saturated heterocycles. The fraction of sp³-hybridized carbons (Fsp3) is 0.930. The highest BCUT2D eigenvalue weighted by Crippen LogP contribution is 2.16. The lowest BCUT2D eigenvalue weighted by molar-refractivity contribution is -0.132. The van der Waals surface area contributed by atoms with Crippen LogP contribution in [0.1, 0.15) is 226 Å². The minimum Gasteiger partial charge on any atom is -0.394 e. The molecule has 0 saturated carbocycles. The van der Waals surface area contributed by atoms with Crippen LogP contribution in [0, 0.1) is 0 Å². The van der Waals surface area contributed by atoms with Crippen molar-refractivity contribution in [3.8, 4) is 0 Å². The predicted octanol–water partition coefficient (Wildman–Crippen LogP) is 11.0. The zero-order valence-corrected chi connectivity index (χ0v) is 32.7. The Bertz CT molecular complexity index is 702. The number of rotatable bonds is 39. The molecule has 292 valence electrons. The van der Waals surface area contributed by atoms with E-state index in [4.69, 9.17) is 0 Å². The van der Waals surface area contributed by atoms with E-state index < -0.39 is 36.9 Å². The number of hydrogen-bond donors (Lipinski definition) is 5. The fourth-order valence-electron chi connectivity index (χ4n) is 6.76. The SMILES string of the molecule is CCCCCCCCCCCCCCCCCCC/C=C/CCCC(O)C(O)C(CO)NC(=O)C(O)CCCCCCCCCCCCC. The molecule has 0 rings (SSSR count). The molecule has 4 unspecified atom stereocenters. The first-order valence-corrected chi connectivity index (χ1v) is 21.6. The fourth-order valence-corrected chi connectivity index (χ4v) is 6.76. The van der Waals surface area contributed by atoms with Crippen LogP contribution in [-0.4, -0.2) is 57.3 Å². The Morgan fingerprint density at radius 3 is 1.22 bits per heavy atom. The van der Waals surface area contributed by atoms with Gasteiger partial charge in [-0.2, -0.15) is 0 Å². The van der Waals surface area contributed by atoms with E-state index in [2.05, 4.69) is 31.3 Å². The van der Waals surface area contributed by atoms with Crippen molar-refractivity contribution in [2.45, 2.75) is 250 Å². The van der Waals surface area contributed by atoms with Gasteiger partial charge in [0.2, 0.25) is 5.91 Å². The molecule has 6 heteroatoms. The third-order valence-corrected chi connectivity index (χ3v) is 10.2. The Hall–Kier alpha value is -0.950. The van der Waals surface area contributed by atoms with Crippen molar-refractivity contribution in [2.75, 3.05) is 6.61 Å². The van der Waals surface area contributed by atoms with E-state index >= 15 is 0 Å². The zero-order chi connectivity index (χ0) is 36.0. The molecule has 0 spiro atoms. The van der Waals surface area contributed by atoms with E-state index in [0.29, 0.717) is 12.8 Å². The largest absolute Gasteiger partial charge is 0.394 e. The van der Waals surface area contributed by atoms with E-state index in [0.717, 1.165) is 38.5 Å². The molecule has 5 N–H and O–H groups in total. The normalized spacial score (nSPS) is 14.3. The van der Waals surface area contributed by atoms with Gasteiger partial charge in [0, 0.05) is 0 Å². The summed E-state index contributed by atoms with van der Waals surface area (Å²) >= 11 is 0. The Morgan fingerprint density at radius 2 is 0.837 bits per heavy atom. The number of carbonyl (C=O) groups is 1. The van der Waals surface area contributed by atoms with E-state index in [1.54, 1.807) is 0 Å². The van der Waals surface area contributed by atoms with Gasteiger partial charge in [0.15, 0.2) is 0 Å². The van der Waals surface area contributed by atoms with Crippen LogP contribution in [0.4, 0.5) is 0 Å². The molecule has 0 aliphatic carbocycles. The van der Waals surface area contributed by atoms with Gasteiger partial charge in [-0.3, -0.25) is 4.79 Å². The number of carbonyl (C=O) groups excluding carboxylic acids is 1. The van der Waals surface area contributed by atoms with Gasteiger partial charge in [0.05, 0.1) is 18.8 Å².